The molecule has 0 radical (unpaired) electrons. The molecule has 1 heterocycles. The van der Waals surface area contributed by atoms with Crippen molar-refractivity contribution in [2.75, 3.05) is 55.6 Å². The number of rotatable bonds is 9. The fourth-order valence-electron chi connectivity index (χ4n) is 4.01. The zero-order valence-corrected chi connectivity index (χ0v) is 20.2. The summed E-state index contributed by atoms with van der Waals surface area (Å²) in [5.74, 6) is -0.304. The van der Waals surface area contributed by atoms with Gasteiger partial charge in [-0.25, -0.2) is 0 Å². The number of ketones is 1. The second-order valence-corrected chi connectivity index (χ2v) is 7.95. The number of benzene rings is 2. The first-order valence-corrected chi connectivity index (χ1v) is 10.6. The summed E-state index contributed by atoms with van der Waals surface area (Å²) in [7, 11) is 9.68. The molecule has 0 bridgehead atoms. The Morgan fingerprint density at radius 1 is 0.912 bits per heavy atom. The van der Waals surface area contributed by atoms with Crippen molar-refractivity contribution in [3.63, 3.8) is 0 Å². The average molecular weight is 471 g/mol. The third kappa shape index (κ3) is 4.51. The number of Topliss-reactive ketones (excluding diaryl/α,β-unsaturated/α-hetero) is 1. The van der Waals surface area contributed by atoms with Crippen molar-refractivity contribution >= 4 is 17.4 Å². The van der Waals surface area contributed by atoms with Gasteiger partial charge < -0.3 is 33.9 Å². The van der Waals surface area contributed by atoms with Gasteiger partial charge in [0.05, 0.1) is 40.1 Å². The number of aliphatic hydroxyl groups excluding tert-OH is 1. The van der Waals surface area contributed by atoms with Crippen molar-refractivity contribution < 1.29 is 33.6 Å². The van der Waals surface area contributed by atoms with Gasteiger partial charge in [-0.05, 0) is 43.9 Å². The van der Waals surface area contributed by atoms with E-state index < -0.39 is 17.7 Å². The summed E-state index contributed by atoms with van der Waals surface area (Å²) in [6.45, 7) is 0.797. The average Bonchev–Trinajstić information content (AvgIpc) is 3.10. The molecule has 3 rings (SSSR count). The first-order chi connectivity index (χ1) is 16.3. The molecular weight excluding hydrogens is 440 g/mol. The van der Waals surface area contributed by atoms with E-state index in [9.17, 15) is 14.7 Å². The van der Waals surface area contributed by atoms with Crippen LogP contribution in [-0.4, -0.2) is 82.2 Å². The molecule has 0 spiro atoms. The highest BCUT2D eigenvalue weighted by molar-refractivity contribution is 6.46. The monoisotopic (exact) mass is 470 g/mol. The number of aliphatic hydroxyl groups is 1. The van der Waals surface area contributed by atoms with E-state index in [1.807, 2.05) is 19.0 Å². The van der Waals surface area contributed by atoms with Crippen LogP contribution >= 0.6 is 0 Å². The van der Waals surface area contributed by atoms with Crippen molar-refractivity contribution in [1.82, 2.24) is 9.80 Å². The maximum Gasteiger partial charge on any atom is 0.295 e. The second-order valence-electron chi connectivity index (χ2n) is 7.95. The van der Waals surface area contributed by atoms with E-state index >= 15 is 0 Å². The maximum atomic E-state index is 13.3. The van der Waals surface area contributed by atoms with E-state index in [-0.39, 0.29) is 23.4 Å². The molecule has 1 aliphatic heterocycles. The Hall–Kier alpha value is -3.72. The number of hydrogen-bond donors (Lipinski definition) is 1. The largest absolute Gasteiger partial charge is 0.506 e. The smallest absolute Gasteiger partial charge is 0.295 e. The van der Waals surface area contributed by atoms with E-state index in [1.165, 1.54) is 33.3 Å². The number of nitrogens with zero attached hydrogens (tertiary/aromatic N) is 2. The van der Waals surface area contributed by atoms with Crippen LogP contribution in [0.4, 0.5) is 0 Å². The van der Waals surface area contributed by atoms with E-state index in [4.69, 9.17) is 18.9 Å². The molecule has 1 fully saturated rings. The normalized spacial score (nSPS) is 17.3. The highest BCUT2D eigenvalue weighted by atomic mass is 16.5. The number of amides is 1. The number of likely N-dealkylation sites (N-methyl/N-ethyl adjacent to an activating group) is 1. The third-order valence-corrected chi connectivity index (χ3v) is 5.72. The van der Waals surface area contributed by atoms with Crippen LogP contribution in [0.25, 0.3) is 5.76 Å². The fraction of sp³-hybridized carbons (Fsp3) is 0.360. The molecule has 2 aromatic rings. The maximum absolute atomic E-state index is 13.3. The van der Waals surface area contributed by atoms with Crippen LogP contribution in [0.3, 0.4) is 0 Å². The van der Waals surface area contributed by atoms with Gasteiger partial charge in [-0.1, -0.05) is 12.1 Å². The lowest BCUT2D eigenvalue weighted by molar-refractivity contribution is -0.140. The lowest BCUT2D eigenvalue weighted by atomic mass is 9.94. The van der Waals surface area contributed by atoms with Crippen LogP contribution in [0.15, 0.2) is 42.0 Å². The molecule has 1 atom stereocenters. The van der Waals surface area contributed by atoms with Gasteiger partial charge in [-0.2, -0.15) is 0 Å². The van der Waals surface area contributed by atoms with Gasteiger partial charge >= 0.3 is 0 Å². The van der Waals surface area contributed by atoms with Crippen LogP contribution in [0, 0.1) is 0 Å². The molecule has 1 unspecified atom stereocenters. The summed E-state index contributed by atoms with van der Waals surface area (Å²) < 4.78 is 21.6. The Kier molecular flexibility index (Phi) is 7.68. The van der Waals surface area contributed by atoms with Crippen molar-refractivity contribution in [1.29, 1.82) is 0 Å². The number of carbonyl (C=O) groups is 2. The van der Waals surface area contributed by atoms with Crippen LogP contribution in [0.1, 0.15) is 17.2 Å². The lowest BCUT2D eigenvalue weighted by Gasteiger charge is -2.27. The van der Waals surface area contributed by atoms with Gasteiger partial charge in [0.1, 0.15) is 22.8 Å². The van der Waals surface area contributed by atoms with Gasteiger partial charge in [0.2, 0.25) is 0 Å². The van der Waals surface area contributed by atoms with Crippen LogP contribution in [-0.2, 0) is 9.59 Å². The van der Waals surface area contributed by atoms with Gasteiger partial charge in [0, 0.05) is 13.1 Å². The summed E-state index contributed by atoms with van der Waals surface area (Å²) in [6.07, 6.45) is 0. The Balaban J connectivity index is 2.28. The SMILES string of the molecule is COc1ccc(C2/C(=C(\O)c3c(OC)cccc3OC)C(=O)C(=O)N2CCN(C)C)cc1OC. The topological polar surface area (TPSA) is 97.8 Å². The summed E-state index contributed by atoms with van der Waals surface area (Å²) in [4.78, 5) is 29.8. The third-order valence-electron chi connectivity index (χ3n) is 5.72. The number of carbonyl (C=O) groups excluding carboxylic acids is 2. The van der Waals surface area contributed by atoms with Crippen LogP contribution in [0.5, 0.6) is 23.0 Å². The predicted molar refractivity (Wildman–Crippen MR) is 127 cm³/mol. The van der Waals surface area contributed by atoms with Crippen LogP contribution < -0.4 is 18.9 Å². The van der Waals surface area contributed by atoms with E-state index in [0.717, 1.165) is 0 Å². The van der Waals surface area contributed by atoms with Crippen molar-refractivity contribution in [3.05, 3.63) is 53.1 Å². The zero-order chi connectivity index (χ0) is 25.0. The summed E-state index contributed by atoms with van der Waals surface area (Å²) in [5, 5.41) is 11.4. The standard InChI is InChI=1S/C25H30N2O7/c1-26(2)12-13-27-22(15-10-11-16(31-3)19(14-15)34-6)21(24(29)25(27)30)23(28)20-17(32-4)8-7-9-18(20)33-5/h7-11,14,22,28H,12-13H2,1-6H3/b23-21+. The Bertz CT molecular complexity index is 1090. The molecule has 1 saturated heterocycles. The molecule has 1 N–H and O–H groups in total. The Morgan fingerprint density at radius 2 is 1.50 bits per heavy atom. The van der Waals surface area contributed by atoms with E-state index in [1.54, 1.807) is 36.4 Å². The van der Waals surface area contributed by atoms with Gasteiger partial charge in [-0.15, -0.1) is 0 Å². The van der Waals surface area contributed by atoms with Gasteiger partial charge in [0.25, 0.3) is 11.7 Å². The lowest BCUT2D eigenvalue weighted by Crippen LogP contribution is -2.35. The first kappa shape index (κ1) is 24.9. The van der Waals surface area contributed by atoms with Gasteiger partial charge in [-0.3, -0.25) is 9.59 Å². The Morgan fingerprint density at radius 3 is 2.03 bits per heavy atom. The Labute approximate surface area is 199 Å². The molecule has 2 aromatic carbocycles. The predicted octanol–water partition coefficient (Wildman–Crippen LogP) is 2.70. The molecule has 0 saturated carbocycles. The highest BCUT2D eigenvalue weighted by Crippen LogP contribution is 2.44. The summed E-state index contributed by atoms with van der Waals surface area (Å²) in [5.41, 5.74) is 0.730. The molecule has 182 valence electrons. The van der Waals surface area contributed by atoms with Crippen molar-refractivity contribution in [2.24, 2.45) is 0 Å². The second kappa shape index (κ2) is 10.5. The number of methoxy groups -OCH3 is 4. The fourth-order valence-corrected chi connectivity index (χ4v) is 4.01. The molecule has 9 nitrogen and oxygen atoms in total. The number of hydrogen-bond acceptors (Lipinski definition) is 8. The van der Waals surface area contributed by atoms with E-state index in [2.05, 4.69) is 0 Å². The summed E-state index contributed by atoms with van der Waals surface area (Å²) in [6, 6.07) is 9.28. The minimum absolute atomic E-state index is 0.0567. The molecular formula is C25H30N2O7. The number of ether oxygens (including phenoxy) is 4. The molecule has 9 heteroatoms. The first-order valence-electron chi connectivity index (χ1n) is 10.6. The van der Waals surface area contributed by atoms with E-state index in [0.29, 0.717) is 35.1 Å². The van der Waals surface area contributed by atoms with Crippen LogP contribution in [0.2, 0.25) is 0 Å². The highest BCUT2D eigenvalue weighted by Gasteiger charge is 2.46. The molecule has 1 amide bonds. The zero-order valence-electron chi connectivity index (χ0n) is 20.2. The molecule has 1 aliphatic rings. The number of likely N-dealkylation sites (tertiary alicyclic amines) is 1. The quantitative estimate of drug-likeness (QED) is 0.339. The van der Waals surface area contributed by atoms with Crippen molar-refractivity contribution in [3.8, 4) is 23.0 Å². The molecule has 0 aliphatic carbocycles. The molecule has 34 heavy (non-hydrogen) atoms. The molecule has 0 aromatic heterocycles. The minimum Gasteiger partial charge on any atom is -0.506 e. The summed E-state index contributed by atoms with van der Waals surface area (Å²) >= 11 is 0. The van der Waals surface area contributed by atoms with Crippen molar-refractivity contribution in [2.45, 2.75) is 6.04 Å². The minimum atomic E-state index is -0.852. The van der Waals surface area contributed by atoms with Gasteiger partial charge in [0.15, 0.2) is 11.5 Å².